The maximum atomic E-state index is 10.6. The van der Waals surface area contributed by atoms with Gasteiger partial charge in [0.2, 0.25) is 0 Å². The summed E-state index contributed by atoms with van der Waals surface area (Å²) < 4.78 is 25.6. The standard InChI is InChI=1S/C4H12N2O3S.Na.H/c1-2-10(7,8)9-4(6)3-5;;/h4H,2-3,5-6H2,1H3;;. The molecule has 0 heterocycles. The summed E-state index contributed by atoms with van der Waals surface area (Å²) in [6.45, 7) is 1.47. The van der Waals surface area contributed by atoms with E-state index in [0.29, 0.717) is 0 Å². The van der Waals surface area contributed by atoms with Gasteiger partial charge >= 0.3 is 29.6 Å². The van der Waals surface area contributed by atoms with E-state index in [4.69, 9.17) is 11.5 Å². The number of hydrogen-bond donors (Lipinski definition) is 2. The fourth-order valence-electron chi connectivity index (χ4n) is 0.296. The molecule has 5 nitrogen and oxygen atoms in total. The molecule has 64 valence electrons. The molecule has 0 aromatic heterocycles. The van der Waals surface area contributed by atoms with Crippen molar-refractivity contribution < 1.29 is 12.6 Å². The maximum absolute atomic E-state index is 10.6. The van der Waals surface area contributed by atoms with E-state index in [-0.39, 0.29) is 41.9 Å². The Morgan fingerprint density at radius 2 is 2.00 bits per heavy atom. The van der Waals surface area contributed by atoms with Crippen molar-refractivity contribution in [2.24, 2.45) is 11.5 Å². The molecule has 0 aliphatic carbocycles. The molecular weight excluding hydrogens is 179 g/mol. The Labute approximate surface area is 88.9 Å². The zero-order chi connectivity index (χ0) is 8.20. The average molecular weight is 192 g/mol. The summed E-state index contributed by atoms with van der Waals surface area (Å²) in [7, 11) is -3.44. The zero-order valence-electron chi connectivity index (χ0n) is 5.78. The van der Waals surface area contributed by atoms with E-state index in [0.717, 1.165) is 0 Å². The van der Waals surface area contributed by atoms with Gasteiger partial charge in [-0.2, -0.15) is 8.42 Å². The summed E-state index contributed by atoms with van der Waals surface area (Å²) in [5.41, 5.74) is 10.1. The Kier molecular flexibility index (Phi) is 8.30. The van der Waals surface area contributed by atoms with Crippen LogP contribution in [0.25, 0.3) is 0 Å². The van der Waals surface area contributed by atoms with Crippen LogP contribution < -0.4 is 11.5 Å². The van der Waals surface area contributed by atoms with Crippen molar-refractivity contribution in [1.82, 2.24) is 0 Å². The van der Waals surface area contributed by atoms with Gasteiger partial charge in [-0.15, -0.1) is 0 Å². The minimum atomic E-state index is -3.44. The van der Waals surface area contributed by atoms with Gasteiger partial charge in [-0.1, -0.05) is 0 Å². The monoisotopic (exact) mass is 192 g/mol. The summed E-state index contributed by atoms with van der Waals surface area (Å²) >= 11 is 0. The molecule has 0 radical (unpaired) electrons. The van der Waals surface area contributed by atoms with E-state index in [1.54, 1.807) is 0 Å². The average Bonchev–Trinajstić information content (AvgIpc) is 1.87. The zero-order valence-corrected chi connectivity index (χ0v) is 6.60. The van der Waals surface area contributed by atoms with Crippen molar-refractivity contribution in [3.05, 3.63) is 0 Å². The Hall–Kier alpha value is 0.830. The van der Waals surface area contributed by atoms with Crippen LogP contribution in [0.2, 0.25) is 0 Å². The van der Waals surface area contributed by atoms with Gasteiger partial charge in [0.25, 0.3) is 10.1 Å². The number of hydrogen-bond acceptors (Lipinski definition) is 5. The molecule has 11 heavy (non-hydrogen) atoms. The molecule has 1 unspecified atom stereocenters. The quantitative estimate of drug-likeness (QED) is 0.303. The Bertz CT molecular complexity index is 182. The second kappa shape index (κ2) is 6.36. The van der Waals surface area contributed by atoms with E-state index in [1.807, 2.05) is 0 Å². The molecule has 0 saturated carbocycles. The van der Waals surface area contributed by atoms with Crippen LogP contribution >= 0.6 is 0 Å². The molecule has 0 saturated heterocycles. The molecule has 0 aromatic carbocycles. The van der Waals surface area contributed by atoms with Gasteiger partial charge in [0, 0.05) is 6.54 Å². The summed E-state index contributed by atoms with van der Waals surface area (Å²) in [5.74, 6) is -0.0826. The second-order valence-electron chi connectivity index (χ2n) is 1.72. The van der Waals surface area contributed by atoms with Gasteiger partial charge in [0.1, 0.15) is 6.23 Å². The summed E-state index contributed by atoms with van der Waals surface area (Å²) in [6.07, 6.45) is -0.912. The first-order valence-electron chi connectivity index (χ1n) is 2.88. The van der Waals surface area contributed by atoms with Crippen LogP contribution in [0.1, 0.15) is 6.92 Å². The first-order valence-corrected chi connectivity index (χ1v) is 4.46. The van der Waals surface area contributed by atoms with Gasteiger partial charge in [0.05, 0.1) is 5.75 Å². The van der Waals surface area contributed by atoms with Crippen molar-refractivity contribution in [2.75, 3.05) is 12.3 Å². The topological polar surface area (TPSA) is 95.4 Å². The van der Waals surface area contributed by atoms with Crippen molar-refractivity contribution in [3.8, 4) is 0 Å². The van der Waals surface area contributed by atoms with Crippen LogP contribution in [0.3, 0.4) is 0 Å². The van der Waals surface area contributed by atoms with E-state index in [2.05, 4.69) is 4.18 Å². The molecule has 0 amide bonds. The third kappa shape index (κ3) is 7.20. The summed E-state index contributed by atoms with van der Waals surface area (Å²) in [6, 6.07) is 0. The first-order chi connectivity index (χ1) is 4.52. The van der Waals surface area contributed by atoms with E-state index in [1.165, 1.54) is 6.92 Å². The van der Waals surface area contributed by atoms with Gasteiger partial charge < -0.3 is 11.5 Å². The van der Waals surface area contributed by atoms with Crippen LogP contribution in [0.4, 0.5) is 0 Å². The third-order valence-corrected chi connectivity index (χ3v) is 2.10. The van der Waals surface area contributed by atoms with Crippen LogP contribution in [0, 0.1) is 0 Å². The van der Waals surface area contributed by atoms with E-state index in [9.17, 15) is 8.42 Å². The van der Waals surface area contributed by atoms with E-state index >= 15 is 0 Å². The summed E-state index contributed by atoms with van der Waals surface area (Å²) in [5, 5.41) is 0. The predicted molar refractivity (Wildman–Crippen MR) is 44.7 cm³/mol. The third-order valence-electron chi connectivity index (χ3n) is 0.856. The molecule has 0 aliphatic heterocycles. The SMILES string of the molecule is CCS(=O)(=O)OC(N)CN.[NaH]. The van der Waals surface area contributed by atoms with Crippen molar-refractivity contribution in [2.45, 2.75) is 13.2 Å². The van der Waals surface area contributed by atoms with Crippen molar-refractivity contribution >= 4 is 39.7 Å². The molecule has 0 spiro atoms. The molecule has 1 atom stereocenters. The Morgan fingerprint density at radius 3 is 2.27 bits per heavy atom. The molecular formula is C4H13N2NaO3S. The Morgan fingerprint density at radius 1 is 1.55 bits per heavy atom. The predicted octanol–water partition coefficient (Wildman–Crippen LogP) is -2.05. The molecule has 0 fully saturated rings. The van der Waals surface area contributed by atoms with Crippen LogP contribution in [-0.2, 0) is 14.3 Å². The van der Waals surface area contributed by atoms with Crippen LogP contribution in [-0.4, -0.2) is 56.5 Å². The van der Waals surface area contributed by atoms with Gasteiger partial charge in [0.15, 0.2) is 0 Å². The van der Waals surface area contributed by atoms with Crippen molar-refractivity contribution in [3.63, 3.8) is 0 Å². The van der Waals surface area contributed by atoms with E-state index < -0.39 is 16.3 Å². The van der Waals surface area contributed by atoms with Gasteiger partial charge in [-0.3, -0.25) is 0 Å². The normalized spacial score (nSPS) is 13.7. The van der Waals surface area contributed by atoms with Crippen LogP contribution in [0.5, 0.6) is 0 Å². The van der Waals surface area contributed by atoms with Crippen molar-refractivity contribution in [1.29, 1.82) is 0 Å². The molecule has 0 rings (SSSR count). The fourth-order valence-corrected chi connectivity index (χ4v) is 0.887. The summed E-state index contributed by atoms with van der Waals surface area (Å²) in [4.78, 5) is 0. The fraction of sp³-hybridized carbons (Fsp3) is 1.00. The molecule has 0 aliphatic rings. The molecule has 4 N–H and O–H groups in total. The van der Waals surface area contributed by atoms with Crippen LogP contribution in [0.15, 0.2) is 0 Å². The van der Waals surface area contributed by atoms with Gasteiger partial charge in [-0.25, -0.2) is 4.18 Å². The molecule has 7 heteroatoms. The molecule has 0 aromatic rings. The Balaban J connectivity index is 0. The molecule has 0 bridgehead atoms. The number of rotatable bonds is 4. The first kappa shape index (κ1) is 14.4. The minimum absolute atomic E-state index is 0. The second-order valence-corrected chi connectivity index (χ2v) is 3.60. The number of nitrogens with two attached hydrogens (primary N) is 2. The van der Waals surface area contributed by atoms with Gasteiger partial charge in [-0.05, 0) is 6.92 Å².